The molecule has 0 aliphatic rings. The van der Waals surface area contributed by atoms with Gasteiger partial charge in [-0.15, -0.1) is 0 Å². The summed E-state index contributed by atoms with van der Waals surface area (Å²) in [5.41, 5.74) is 0. The van der Waals surface area contributed by atoms with Crippen LogP contribution in [0.3, 0.4) is 0 Å². The SMILES string of the molecule is CCCCCCCCCCCCCCCCCCCCCC(=O)OC[C@H](COP(=O)(O)OC[C@@H](O)COP(=O)(O)OC[C@@H](COC(=O)CCCCCCCCCCCCCC)OC(=O)CCCCCCCCCCCCCCCCCCCC)OC(=O)CCCCCCCCCCCCCCCCCCC(C)C. The first-order chi connectivity index (χ1) is 52.5. The van der Waals surface area contributed by atoms with Crippen LogP contribution in [0.1, 0.15) is 484 Å². The molecular formula is C89H174O17P2. The van der Waals surface area contributed by atoms with Gasteiger partial charge in [0.2, 0.25) is 0 Å². The summed E-state index contributed by atoms with van der Waals surface area (Å²) in [6.07, 6.45) is 76.3. The highest BCUT2D eigenvalue weighted by molar-refractivity contribution is 7.47. The third-order valence-electron chi connectivity index (χ3n) is 21.0. The molecular weight excluding hydrogens is 1400 g/mol. The van der Waals surface area contributed by atoms with Crippen LogP contribution in [-0.4, -0.2) is 96.7 Å². The Hall–Kier alpha value is -1.94. The van der Waals surface area contributed by atoms with Crippen molar-refractivity contribution >= 4 is 39.5 Å². The van der Waals surface area contributed by atoms with Crippen molar-refractivity contribution in [3.8, 4) is 0 Å². The quantitative estimate of drug-likeness (QED) is 0.0222. The van der Waals surface area contributed by atoms with Crippen LogP contribution < -0.4 is 0 Å². The topological polar surface area (TPSA) is 237 Å². The fraction of sp³-hybridized carbons (Fsp3) is 0.955. The number of hydrogen-bond acceptors (Lipinski definition) is 15. The van der Waals surface area contributed by atoms with Crippen LogP contribution in [0.2, 0.25) is 0 Å². The number of unbranched alkanes of at least 4 members (excludes halogenated alkanes) is 61. The van der Waals surface area contributed by atoms with Gasteiger partial charge < -0.3 is 33.8 Å². The van der Waals surface area contributed by atoms with E-state index in [0.717, 1.165) is 95.8 Å². The molecule has 0 amide bonds. The number of phosphoric ester groups is 2. The monoisotopic (exact) mass is 1580 g/mol. The van der Waals surface area contributed by atoms with Crippen molar-refractivity contribution in [2.45, 2.75) is 502 Å². The minimum Gasteiger partial charge on any atom is -0.462 e. The number of carbonyl (C=O) groups is 4. The summed E-state index contributed by atoms with van der Waals surface area (Å²) in [6.45, 7) is 7.42. The fourth-order valence-corrected chi connectivity index (χ4v) is 15.6. The van der Waals surface area contributed by atoms with Crippen molar-refractivity contribution in [2.24, 2.45) is 5.92 Å². The molecule has 0 saturated heterocycles. The molecule has 17 nitrogen and oxygen atoms in total. The predicted octanol–water partition coefficient (Wildman–Crippen LogP) is 27.5. The molecule has 19 heteroatoms. The number of ether oxygens (including phenoxy) is 4. The summed E-state index contributed by atoms with van der Waals surface area (Å²) >= 11 is 0. The van der Waals surface area contributed by atoms with Gasteiger partial charge >= 0.3 is 39.5 Å². The zero-order chi connectivity index (χ0) is 79.0. The molecule has 5 atom stereocenters. The Morgan fingerprint density at radius 3 is 0.630 bits per heavy atom. The second kappa shape index (κ2) is 81.6. The summed E-state index contributed by atoms with van der Waals surface area (Å²) in [5, 5.41) is 10.7. The Labute approximate surface area is 664 Å². The third kappa shape index (κ3) is 82.1. The number of aliphatic hydroxyl groups is 1. The zero-order valence-electron chi connectivity index (χ0n) is 71.0. The van der Waals surface area contributed by atoms with Crippen LogP contribution >= 0.6 is 15.6 Å². The molecule has 0 saturated carbocycles. The van der Waals surface area contributed by atoms with E-state index in [2.05, 4.69) is 34.6 Å². The average Bonchev–Trinajstić information content (AvgIpc) is 0.899. The minimum absolute atomic E-state index is 0.109. The first kappa shape index (κ1) is 106. The lowest BCUT2D eigenvalue weighted by Gasteiger charge is -2.21. The lowest BCUT2D eigenvalue weighted by Crippen LogP contribution is -2.30. The van der Waals surface area contributed by atoms with Crippen LogP contribution in [0.5, 0.6) is 0 Å². The van der Waals surface area contributed by atoms with Gasteiger partial charge in [-0.1, -0.05) is 433 Å². The molecule has 0 bridgehead atoms. The molecule has 3 N–H and O–H groups in total. The van der Waals surface area contributed by atoms with E-state index in [1.807, 2.05) is 0 Å². The van der Waals surface area contributed by atoms with Crippen LogP contribution in [-0.2, 0) is 65.4 Å². The molecule has 0 aromatic carbocycles. The van der Waals surface area contributed by atoms with E-state index in [9.17, 15) is 43.2 Å². The minimum atomic E-state index is -4.97. The van der Waals surface area contributed by atoms with Crippen molar-refractivity contribution < 1.29 is 80.2 Å². The molecule has 0 heterocycles. The van der Waals surface area contributed by atoms with Gasteiger partial charge in [-0.25, -0.2) is 9.13 Å². The van der Waals surface area contributed by atoms with Crippen LogP contribution in [0.15, 0.2) is 0 Å². The van der Waals surface area contributed by atoms with Crippen molar-refractivity contribution in [1.82, 2.24) is 0 Å². The van der Waals surface area contributed by atoms with Gasteiger partial charge in [0.15, 0.2) is 12.2 Å². The second-order valence-corrected chi connectivity index (χ2v) is 35.4. The molecule has 0 rings (SSSR count). The molecule has 0 aliphatic carbocycles. The van der Waals surface area contributed by atoms with E-state index < -0.39 is 97.5 Å². The van der Waals surface area contributed by atoms with Gasteiger partial charge in [-0.2, -0.15) is 0 Å². The van der Waals surface area contributed by atoms with Crippen molar-refractivity contribution in [1.29, 1.82) is 0 Å². The van der Waals surface area contributed by atoms with Crippen LogP contribution in [0.4, 0.5) is 0 Å². The smallest absolute Gasteiger partial charge is 0.462 e. The van der Waals surface area contributed by atoms with Crippen molar-refractivity contribution in [3.05, 3.63) is 0 Å². The number of rotatable bonds is 89. The summed E-state index contributed by atoms with van der Waals surface area (Å²) in [6, 6.07) is 0. The molecule has 0 aromatic rings. The maximum atomic E-state index is 13.2. The zero-order valence-corrected chi connectivity index (χ0v) is 72.8. The highest BCUT2D eigenvalue weighted by atomic mass is 31.2. The third-order valence-corrected chi connectivity index (χ3v) is 22.9. The van der Waals surface area contributed by atoms with Crippen molar-refractivity contribution in [2.75, 3.05) is 39.6 Å². The summed E-state index contributed by atoms with van der Waals surface area (Å²) in [7, 11) is -9.93. The first-order valence-electron chi connectivity index (χ1n) is 46.1. The van der Waals surface area contributed by atoms with Gasteiger partial charge in [0, 0.05) is 25.7 Å². The molecule has 0 aromatic heterocycles. The summed E-state index contributed by atoms with van der Waals surface area (Å²) in [5.74, 6) is -1.28. The van der Waals surface area contributed by atoms with Gasteiger partial charge in [-0.05, 0) is 31.6 Å². The Kier molecular flexibility index (Phi) is 80.2. The molecule has 642 valence electrons. The van der Waals surface area contributed by atoms with Gasteiger partial charge in [0.25, 0.3) is 0 Å². The highest BCUT2D eigenvalue weighted by Gasteiger charge is 2.30. The number of aliphatic hydroxyl groups excluding tert-OH is 1. The van der Waals surface area contributed by atoms with E-state index in [-0.39, 0.29) is 25.7 Å². The largest absolute Gasteiger partial charge is 0.472 e. The molecule has 0 fully saturated rings. The molecule has 108 heavy (non-hydrogen) atoms. The maximum Gasteiger partial charge on any atom is 0.472 e. The van der Waals surface area contributed by atoms with Crippen LogP contribution in [0.25, 0.3) is 0 Å². The second-order valence-electron chi connectivity index (χ2n) is 32.5. The van der Waals surface area contributed by atoms with E-state index in [4.69, 9.17) is 37.0 Å². The molecule has 0 aliphatic heterocycles. The predicted molar refractivity (Wildman–Crippen MR) is 446 cm³/mol. The summed E-state index contributed by atoms with van der Waals surface area (Å²) < 4.78 is 69.0. The van der Waals surface area contributed by atoms with Crippen LogP contribution in [0, 0.1) is 5.92 Å². The normalized spacial score (nSPS) is 13.7. The first-order valence-corrected chi connectivity index (χ1v) is 49.1. The van der Waals surface area contributed by atoms with Gasteiger partial charge in [-0.3, -0.25) is 37.3 Å². The molecule has 0 spiro atoms. The van der Waals surface area contributed by atoms with E-state index in [1.54, 1.807) is 0 Å². The Balaban J connectivity index is 5.25. The van der Waals surface area contributed by atoms with Gasteiger partial charge in [0.05, 0.1) is 26.4 Å². The lowest BCUT2D eigenvalue weighted by atomic mass is 10.0. The van der Waals surface area contributed by atoms with E-state index in [1.165, 1.54) is 308 Å². The highest BCUT2D eigenvalue weighted by Crippen LogP contribution is 2.45. The standard InChI is InChI=1S/C89H174O17P2/c1-6-9-12-15-18-21-24-27-29-31-33-35-39-43-48-53-58-63-68-73-87(92)100-79-85(106-89(94)75-70-65-60-55-50-45-41-37-36-38-42-46-51-56-61-66-71-82(4)5)81-104-108(97,98)102-77-83(90)76-101-107(95,96)103-80-84(78-99-86(91)72-67-62-57-52-47-26-23-20-17-14-11-8-3)105-88(93)74-69-64-59-54-49-44-40-34-32-30-28-25-22-19-16-13-10-7-2/h82-85,90H,6-81H2,1-5H3,(H,95,96)(H,97,98)/t83-,84+,85+/m0/s1. The Bertz CT molecular complexity index is 2050. The fourth-order valence-electron chi connectivity index (χ4n) is 14.0. The molecule has 2 unspecified atom stereocenters. The van der Waals surface area contributed by atoms with Gasteiger partial charge in [0.1, 0.15) is 19.3 Å². The lowest BCUT2D eigenvalue weighted by molar-refractivity contribution is -0.161. The van der Waals surface area contributed by atoms with Crippen molar-refractivity contribution in [3.63, 3.8) is 0 Å². The number of esters is 4. The molecule has 0 radical (unpaired) electrons. The summed E-state index contributed by atoms with van der Waals surface area (Å²) in [4.78, 5) is 73.4. The maximum absolute atomic E-state index is 13.2. The number of phosphoric acid groups is 2. The average molecular weight is 1580 g/mol. The van der Waals surface area contributed by atoms with E-state index in [0.29, 0.717) is 25.7 Å². The number of hydrogen-bond donors (Lipinski definition) is 3. The van der Waals surface area contributed by atoms with E-state index >= 15 is 0 Å². The Morgan fingerprint density at radius 2 is 0.426 bits per heavy atom. The Morgan fingerprint density at radius 1 is 0.250 bits per heavy atom. The number of carbonyl (C=O) groups excluding carboxylic acids is 4.